The van der Waals surface area contributed by atoms with Gasteiger partial charge in [0.15, 0.2) is 17.3 Å². The molecule has 1 aromatic carbocycles. The highest BCUT2D eigenvalue weighted by Crippen LogP contribution is 2.40. The molecule has 0 radical (unpaired) electrons. The zero-order valence-electron chi connectivity index (χ0n) is 17.2. The van der Waals surface area contributed by atoms with E-state index in [4.69, 9.17) is 19.3 Å². The zero-order chi connectivity index (χ0) is 21.4. The molecule has 5 rings (SSSR count). The normalized spacial score (nSPS) is 17.4. The second kappa shape index (κ2) is 7.75. The van der Waals surface area contributed by atoms with Crippen molar-refractivity contribution in [2.24, 2.45) is 0 Å². The highest BCUT2D eigenvalue weighted by Gasteiger charge is 2.35. The third-order valence-electron chi connectivity index (χ3n) is 5.26. The van der Waals surface area contributed by atoms with E-state index in [0.29, 0.717) is 47.8 Å². The Balaban J connectivity index is 1.65. The van der Waals surface area contributed by atoms with Crippen LogP contribution in [-0.4, -0.2) is 46.0 Å². The van der Waals surface area contributed by atoms with Crippen LogP contribution in [0.25, 0.3) is 11.4 Å². The summed E-state index contributed by atoms with van der Waals surface area (Å²) in [6.07, 6.45) is 4.20. The number of nitrogens with one attached hydrogen (secondary N) is 1. The molecular weight excluding hydrogens is 398 g/mol. The van der Waals surface area contributed by atoms with Crippen LogP contribution in [-0.2, 0) is 9.53 Å². The lowest BCUT2D eigenvalue weighted by Gasteiger charge is -2.28. The first-order chi connectivity index (χ1) is 15.2. The number of allylic oxidation sites excluding steroid dienone is 1. The van der Waals surface area contributed by atoms with E-state index < -0.39 is 12.0 Å². The highest BCUT2D eigenvalue weighted by atomic mass is 16.5. The first-order valence-corrected chi connectivity index (χ1v) is 9.98. The van der Waals surface area contributed by atoms with Gasteiger partial charge < -0.3 is 19.5 Å². The Morgan fingerprint density at radius 2 is 2.06 bits per heavy atom. The topological polar surface area (TPSA) is 100 Å². The molecule has 9 nitrogen and oxygen atoms in total. The van der Waals surface area contributed by atoms with Gasteiger partial charge in [-0.05, 0) is 36.8 Å². The Hall–Kier alpha value is -3.88. The fourth-order valence-electron chi connectivity index (χ4n) is 3.80. The molecule has 0 saturated carbocycles. The highest BCUT2D eigenvalue weighted by molar-refractivity contribution is 5.92. The lowest BCUT2D eigenvalue weighted by Crippen LogP contribution is -2.29. The Labute approximate surface area is 178 Å². The summed E-state index contributed by atoms with van der Waals surface area (Å²) in [5, 5.41) is 7.88. The van der Waals surface area contributed by atoms with Crippen molar-refractivity contribution in [3.05, 3.63) is 59.6 Å². The molecule has 0 fully saturated rings. The molecule has 2 aliphatic heterocycles. The molecule has 9 heteroatoms. The van der Waals surface area contributed by atoms with Crippen molar-refractivity contribution in [1.82, 2.24) is 19.7 Å². The monoisotopic (exact) mass is 419 g/mol. The number of anilines is 1. The van der Waals surface area contributed by atoms with Gasteiger partial charge in [0.05, 0.1) is 25.9 Å². The minimum absolute atomic E-state index is 0.439. The molecule has 0 spiro atoms. The van der Waals surface area contributed by atoms with E-state index in [1.54, 1.807) is 17.1 Å². The number of fused-ring (bicyclic) bond motifs is 2. The van der Waals surface area contributed by atoms with Crippen molar-refractivity contribution in [3.63, 3.8) is 0 Å². The average molecular weight is 419 g/mol. The van der Waals surface area contributed by atoms with Gasteiger partial charge in [-0.1, -0.05) is 6.07 Å². The van der Waals surface area contributed by atoms with Gasteiger partial charge in [-0.3, -0.25) is 4.98 Å². The largest absolute Gasteiger partial charge is 0.490 e. The number of carbonyl (C=O) groups is 1. The van der Waals surface area contributed by atoms with Gasteiger partial charge in [-0.25, -0.2) is 9.48 Å². The molecule has 1 unspecified atom stereocenters. The van der Waals surface area contributed by atoms with E-state index in [0.717, 1.165) is 17.5 Å². The molecule has 31 heavy (non-hydrogen) atoms. The summed E-state index contributed by atoms with van der Waals surface area (Å²) in [5.41, 5.74) is 2.70. The number of benzene rings is 1. The number of carbonyl (C=O) groups excluding carboxylic acids is 1. The molecule has 0 aliphatic carbocycles. The van der Waals surface area contributed by atoms with Crippen molar-refractivity contribution in [2.75, 3.05) is 25.6 Å². The lowest BCUT2D eigenvalue weighted by molar-refractivity contribution is -0.136. The van der Waals surface area contributed by atoms with E-state index in [9.17, 15) is 4.79 Å². The molecule has 2 aromatic heterocycles. The fraction of sp³-hybridized carbons (Fsp3) is 0.273. The third kappa shape index (κ3) is 3.37. The standard InChI is InChI=1S/C22H21N5O4/c1-13-18(21(28)29-2)19(14-6-7-16-17(11-14)31-10-4-9-30-16)27-22(24-13)25-20(26-27)15-5-3-8-23-12-15/h3,5-8,11-12,19H,4,9-10H2,1-2H3,(H,24,25,26). The molecule has 0 bridgehead atoms. The molecule has 158 valence electrons. The minimum Gasteiger partial charge on any atom is -0.490 e. The number of hydrogen-bond acceptors (Lipinski definition) is 8. The van der Waals surface area contributed by atoms with E-state index >= 15 is 0 Å². The van der Waals surface area contributed by atoms with Crippen LogP contribution in [0.5, 0.6) is 11.5 Å². The van der Waals surface area contributed by atoms with Crippen LogP contribution in [0.15, 0.2) is 54.0 Å². The maximum atomic E-state index is 12.7. The van der Waals surface area contributed by atoms with E-state index in [1.165, 1.54) is 7.11 Å². The van der Waals surface area contributed by atoms with Gasteiger partial charge in [0.25, 0.3) is 0 Å². The van der Waals surface area contributed by atoms with Gasteiger partial charge in [0, 0.05) is 30.1 Å². The molecule has 1 atom stereocenters. The zero-order valence-corrected chi connectivity index (χ0v) is 17.2. The van der Waals surface area contributed by atoms with Gasteiger partial charge in [-0.15, -0.1) is 5.10 Å². The van der Waals surface area contributed by atoms with Crippen LogP contribution in [0.4, 0.5) is 5.95 Å². The number of esters is 1. The molecular formula is C22H21N5O4. The molecule has 3 aromatic rings. The number of nitrogens with zero attached hydrogens (tertiary/aromatic N) is 4. The number of methoxy groups -OCH3 is 1. The second-order valence-electron chi connectivity index (χ2n) is 7.26. The van der Waals surface area contributed by atoms with Crippen LogP contribution in [0.3, 0.4) is 0 Å². The van der Waals surface area contributed by atoms with Crippen LogP contribution < -0.4 is 14.8 Å². The number of rotatable bonds is 3. The van der Waals surface area contributed by atoms with Crippen molar-refractivity contribution >= 4 is 11.9 Å². The predicted octanol–water partition coefficient (Wildman–Crippen LogP) is 2.96. The summed E-state index contributed by atoms with van der Waals surface area (Å²) in [6, 6.07) is 8.84. The van der Waals surface area contributed by atoms with Crippen molar-refractivity contribution in [3.8, 4) is 22.9 Å². The minimum atomic E-state index is -0.543. The van der Waals surface area contributed by atoms with Crippen LogP contribution in [0, 0.1) is 0 Å². The van der Waals surface area contributed by atoms with Gasteiger partial charge >= 0.3 is 5.97 Å². The number of pyridine rings is 1. The third-order valence-corrected chi connectivity index (χ3v) is 5.26. The molecule has 0 amide bonds. The van der Waals surface area contributed by atoms with E-state index in [2.05, 4.69) is 15.3 Å². The lowest BCUT2D eigenvalue weighted by atomic mass is 9.95. The molecule has 1 N–H and O–H groups in total. The van der Waals surface area contributed by atoms with Gasteiger partial charge in [0.2, 0.25) is 5.95 Å². The summed E-state index contributed by atoms with van der Waals surface area (Å²) < 4.78 is 18.4. The Bertz CT molecular complexity index is 1170. The van der Waals surface area contributed by atoms with Crippen molar-refractivity contribution in [1.29, 1.82) is 0 Å². The summed E-state index contributed by atoms with van der Waals surface area (Å²) in [7, 11) is 1.37. The first-order valence-electron chi connectivity index (χ1n) is 9.98. The first kappa shape index (κ1) is 19.1. The van der Waals surface area contributed by atoms with E-state index in [1.807, 2.05) is 37.3 Å². The quantitative estimate of drug-likeness (QED) is 0.647. The molecule has 2 aliphatic rings. The average Bonchev–Trinajstić information content (AvgIpc) is 3.07. The smallest absolute Gasteiger partial charge is 0.338 e. The van der Waals surface area contributed by atoms with Crippen molar-refractivity contribution < 1.29 is 19.0 Å². The van der Waals surface area contributed by atoms with Crippen LogP contribution in [0.1, 0.15) is 24.9 Å². The molecule has 0 saturated heterocycles. The van der Waals surface area contributed by atoms with Crippen LogP contribution >= 0.6 is 0 Å². The summed E-state index contributed by atoms with van der Waals surface area (Å²) in [6.45, 7) is 3.00. The van der Waals surface area contributed by atoms with Gasteiger partial charge in [0.1, 0.15) is 6.04 Å². The Morgan fingerprint density at radius 1 is 1.23 bits per heavy atom. The SMILES string of the molecule is COC(=O)C1=C(C)Nc2nc(-c3cccnc3)nn2C1c1ccc2c(c1)OCCCO2. The summed E-state index contributed by atoms with van der Waals surface area (Å²) >= 11 is 0. The maximum Gasteiger partial charge on any atom is 0.338 e. The fourth-order valence-corrected chi connectivity index (χ4v) is 3.80. The van der Waals surface area contributed by atoms with Crippen molar-refractivity contribution in [2.45, 2.75) is 19.4 Å². The second-order valence-corrected chi connectivity index (χ2v) is 7.26. The summed E-state index contributed by atoms with van der Waals surface area (Å²) in [5.74, 6) is 1.93. The maximum absolute atomic E-state index is 12.7. The Morgan fingerprint density at radius 3 is 2.84 bits per heavy atom. The molecule has 4 heterocycles. The van der Waals surface area contributed by atoms with Gasteiger partial charge in [-0.2, -0.15) is 4.98 Å². The van der Waals surface area contributed by atoms with Crippen LogP contribution in [0.2, 0.25) is 0 Å². The number of hydrogen-bond donors (Lipinski definition) is 1. The summed E-state index contributed by atoms with van der Waals surface area (Å²) in [4.78, 5) is 21.5. The number of ether oxygens (including phenoxy) is 3. The van der Waals surface area contributed by atoms with E-state index in [-0.39, 0.29) is 0 Å². The number of aromatic nitrogens is 4. The Kier molecular flexibility index (Phi) is 4.78. The predicted molar refractivity (Wildman–Crippen MR) is 112 cm³/mol.